The van der Waals surface area contributed by atoms with Crippen molar-refractivity contribution in [2.24, 2.45) is 0 Å². The monoisotopic (exact) mass is 194 g/mol. The molecule has 0 fully saturated rings. The van der Waals surface area contributed by atoms with E-state index < -0.39 is 5.82 Å². The molecule has 0 aliphatic rings. The summed E-state index contributed by atoms with van der Waals surface area (Å²) in [6.45, 7) is 3.90. The molecule has 0 aliphatic carbocycles. The van der Waals surface area contributed by atoms with Gasteiger partial charge in [-0.15, -0.1) is 0 Å². The number of benzene rings is 1. The molecule has 0 atom stereocenters. The lowest BCUT2D eigenvalue weighted by molar-refractivity contribution is 0.0978. The number of carbonyl (C=O) groups excluding carboxylic acids is 1. The molecule has 0 heterocycles. The summed E-state index contributed by atoms with van der Waals surface area (Å²) in [6.07, 6.45) is 2.01. The third kappa shape index (κ3) is 2.41. The molecule has 14 heavy (non-hydrogen) atoms. The van der Waals surface area contributed by atoms with Gasteiger partial charge >= 0.3 is 0 Å². The minimum absolute atomic E-state index is 0.0969. The zero-order valence-corrected chi connectivity index (χ0v) is 8.64. The fraction of sp³-hybridized carbons (Fsp3) is 0.417. The smallest absolute Gasteiger partial charge is 0.165 e. The lowest BCUT2D eigenvalue weighted by Gasteiger charge is -2.03. The topological polar surface area (TPSA) is 17.1 Å². The summed E-state index contributed by atoms with van der Waals surface area (Å²) in [5, 5.41) is 0. The third-order valence-electron chi connectivity index (χ3n) is 2.22. The first kappa shape index (κ1) is 10.9. The van der Waals surface area contributed by atoms with Gasteiger partial charge in [0.25, 0.3) is 0 Å². The van der Waals surface area contributed by atoms with Crippen molar-refractivity contribution < 1.29 is 9.18 Å². The fourth-order valence-corrected chi connectivity index (χ4v) is 1.37. The van der Waals surface area contributed by atoms with E-state index in [2.05, 4.69) is 0 Å². The van der Waals surface area contributed by atoms with Crippen LogP contribution in [0.4, 0.5) is 4.39 Å². The zero-order valence-electron chi connectivity index (χ0n) is 8.64. The molecule has 0 saturated carbocycles. The molecule has 0 radical (unpaired) electrons. The van der Waals surface area contributed by atoms with Crippen LogP contribution in [0.25, 0.3) is 0 Å². The Hall–Kier alpha value is -1.18. The SMILES string of the molecule is CCCC(=O)c1cc(CC)ccc1F. The standard InChI is InChI=1S/C12H15FO/c1-3-5-12(14)10-8-9(4-2)6-7-11(10)13/h6-8H,3-5H2,1-2H3. The number of hydrogen-bond acceptors (Lipinski definition) is 1. The van der Waals surface area contributed by atoms with Crippen LogP contribution in [0, 0.1) is 5.82 Å². The van der Waals surface area contributed by atoms with Gasteiger partial charge in [0.05, 0.1) is 5.56 Å². The van der Waals surface area contributed by atoms with Crippen LogP contribution in [0.15, 0.2) is 18.2 Å². The molecule has 1 nitrogen and oxygen atoms in total. The second-order valence-corrected chi connectivity index (χ2v) is 3.34. The highest BCUT2D eigenvalue weighted by Crippen LogP contribution is 2.14. The fourth-order valence-electron chi connectivity index (χ4n) is 1.37. The maximum absolute atomic E-state index is 13.3. The van der Waals surface area contributed by atoms with Crippen molar-refractivity contribution in [2.75, 3.05) is 0 Å². The highest BCUT2D eigenvalue weighted by Gasteiger charge is 2.10. The molecular formula is C12H15FO. The second-order valence-electron chi connectivity index (χ2n) is 3.34. The van der Waals surface area contributed by atoms with E-state index in [1.54, 1.807) is 12.1 Å². The molecule has 0 saturated heterocycles. The van der Waals surface area contributed by atoms with Crippen LogP contribution in [0.2, 0.25) is 0 Å². The largest absolute Gasteiger partial charge is 0.294 e. The summed E-state index contributed by atoms with van der Waals surface area (Å²) in [4.78, 5) is 11.5. The van der Waals surface area contributed by atoms with E-state index in [9.17, 15) is 9.18 Å². The molecule has 0 bridgehead atoms. The molecule has 1 rings (SSSR count). The highest BCUT2D eigenvalue weighted by molar-refractivity contribution is 5.96. The number of rotatable bonds is 4. The third-order valence-corrected chi connectivity index (χ3v) is 2.22. The molecule has 0 aromatic heterocycles. The van der Waals surface area contributed by atoms with Crippen LogP contribution in [0.5, 0.6) is 0 Å². The Bertz CT molecular complexity index is 331. The van der Waals surface area contributed by atoms with Gasteiger partial charge in [0, 0.05) is 6.42 Å². The molecule has 1 aromatic rings. The Labute approximate surface area is 83.9 Å². The van der Waals surface area contributed by atoms with E-state index in [4.69, 9.17) is 0 Å². The zero-order chi connectivity index (χ0) is 10.6. The normalized spacial score (nSPS) is 10.2. The van der Waals surface area contributed by atoms with Crippen LogP contribution < -0.4 is 0 Å². The van der Waals surface area contributed by atoms with E-state index in [1.165, 1.54) is 6.07 Å². The molecule has 0 amide bonds. The van der Waals surface area contributed by atoms with Crippen LogP contribution in [0.1, 0.15) is 42.6 Å². The van der Waals surface area contributed by atoms with Crippen LogP contribution >= 0.6 is 0 Å². The van der Waals surface area contributed by atoms with Crippen LogP contribution in [-0.4, -0.2) is 5.78 Å². The lowest BCUT2D eigenvalue weighted by Crippen LogP contribution is -2.02. The van der Waals surface area contributed by atoms with Gasteiger partial charge in [-0.25, -0.2) is 4.39 Å². The summed E-state index contributed by atoms with van der Waals surface area (Å²) >= 11 is 0. The van der Waals surface area contributed by atoms with E-state index in [0.29, 0.717) is 6.42 Å². The minimum atomic E-state index is -0.402. The molecule has 2 heteroatoms. The highest BCUT2D eigenvalue weighted by atomic mass is 19.1. The first-order valence-electron chi connectivity index (χ1n) is 5.00. The minimum Gasteiger partial charge on any atom is -0.294 e. The summed E-state index contributed by atoms with van der Waals surface area (Å²) < 4.78 is 13.3. The molecule has 0 unspecified atom stereocenters. The molecule has 76 valence electrons. The Morgan fingerprint density at radius 2 is 2.07 bits per heavy atom. The van der Waals surface area contributed by atoms with Gasteiger partial charge in [-0.1, -0.05) is 19.9 Å². The van der Waals surface area contributed by atoms with E-state index >= 15 is 0 Å². The molecule has 0 spiro atoms. The summed E-state index contributed by atoms with van der Waals surface area (Å²) in [6, 6.07) is 4.76. The Balaban J connectivity index is 2.99. The lowest BCUT2D eigenvalue weighted by atomic mass is 10.0. The summed E-state index contributed by atoms with van der Waals surface area (Å²) in [7, 11) is 0. The van der Waals surface area contributed by atoms with Gasteiger partial charge in [0.15, 0.2) is 5.78 Å². The van der Waals surface area contributed by atoms with E-state index in [1.807, 2.05) is 13.8 Å². The van der Waals surface area contributed by atoms with Gasteiger partial charge in [0.2, 0.25) is 0 Å². The quantitative estimate of drug-likeness (QED) is 0.671. The first-order chi connectivity index (χ1) is 6.69. The van der Waals surface area contributed by atoms with Crippen molar-refractivity contribution in [1.29, 1.82) is 0 Å². The number of halogens is 1. The van der Waals surface area contributed by atoms with Gasteiger partial charge in [-0.2, -0.15) is 0 Å². The van der Waals surface area contributed by atoms with Crippen molar-refractivity contribution in [3.8, 4) is 0 Å². The average Bonchev–Trinajstić information content (AvgIpc) is 2.19. The number of carbonyl (C=O) groups is 1. The van der Waals surface area contributed by atoms with Crippen molar-refractivity contribution in [2.45, 2.75) is 33.1 Å². The predicted octanol–water partition coefficient (Wildman–Crippen LogP) is 3.37. The number of aryl methyl sites for hydroxylation is 1. The van der Waals surface area contributed by atoms with Crippen molar-refractivity contribution in [3.63, 3.8) is 0 Å². The number of ketones is 1. The number of Topliss-reactive ketones (excluding diaryl/α,β-unsaturated/α-hetero) is 1. The van der Waals surface area contributed by atoms with Crippen molar-refractivity contribution in [1.82, 2.24) is 0 Å². The van der Waals surface area contributed by atoms with Gasteiger partial charge in [-0.05, 0) is 30.5 Å². The second kappa shape index (κ2) is 4.89. The summed E-state index contributed by atoms with van der Waals surface area (Å²) in [5.74, 6) is -0.499. The molecule has 1 aromatic carbocycles. The molecule has 0 aliphatic heterocycles. The maximum Gasteiger partial charge on any atom is 0.165 e. The molecular weight excluding hydrogens is 179 g/mol. The van der Waals surface area contributed by atoms with Crippen molar-refractivity contribution >= 4 is 5.78 Å². The average molecular weight is 194 g/mol. The maximum atomic E-state index is 13.3. The van der Waals surface area contributed by atoms with Crippen molar-refractivity contribution in [3.05, 3.63) is 35.1 Å². The predicted molar refractivity (Wildman–Crippen MR) is 55.0 cm³/mol. The Morgan fingerprint density at radius 3 is 2.64 bits per heavy atom. The number of hydrogen-bond donors (Lipinski definition) is 0. The summed E-state index contributed by atoms with van der Waals surface area (Å²) in [5.41, 5.74) is 1.25. The first-order valence-corrected chi connectivity index (χ1v) is 5.00. The molecule has 0 N–H and O–H groups in total. The van der Waals surface area contributed by atoms with Crippen LogP contribution in [0.3, 0.4) is 0 Å². The van der Waals surface area contributed by atoms with Crippen LogP contribution in [-0.2, 0) is 6.42 Å². The van der Waals surface area contributed by atoms with E-state index in [0.717, 1.165) is 18.4 Å². The van der Waals surface area contributed by atoms with E-state index in [-0.39, 0.29) is 11.3 Å². The van der Waals surface area contributed by atoms with Gasteiger partial charge < -0.3 is 0 Å². The Kier molecular flexibility index (Phi) is 3.81. The van der Waals surface area contributed by atoms with Gasteiger partial charge in [0.1, 0.15) is 5.82 Å². The van der Waals surface area contributed by atoms with Gasteiger partial charge in [-0.3, -0.25) is 4.79 Å². The Morgan fingerprint density at radius 1 is 1.36 bits per heavy atom.